The van der Waals surface area contributed by atoms with Crippen molar-refractivity contribution >= 4 is 36.1 Å². The molecule has 2 saturated heterocycles. The molecule has 2 fully saturated rings. The SMILES string of the molecule is O=C1CN(Cc2ccccc2-c2ccccc2CN2CC(=O)NS2)SN1. The van der Waals surface area contributed by atoms with Gasteiger partial charge in [-0.05, 0) is 22.3 Å². The Labute approximate surface area is 160 Å². The Kier molecular flexibility index (Phi) is 5.16. The summed E-state index contributed by atoms with van der Waals surface area (Å²) in [5.74, 6) is 0.0761. The molecule has 134 valence electrons. The number of amides is 2. The van der Waals surface area contributed by atoms with Crippen molar-refractivity contribution < 1.29 is 9.59 Å². The van der Waals surface area contributed by atoms with Crippen molar-refractivity contribution in [2.75, 3.05) is 13.1 Å². The van der Waals surface area contributed by atoms with Gasteiger partial charge >= 0.3 is 0 Å². The summed E-state index contributed by atoms with van der Waals surface area (Å²) in [7, 11) is 0. The molecule has 0 unspecified atom stereocenters. The molecule has 2 amide bonds. The Morgan fingerprint density at radius 3 is 1.54 bits per heavy atom. The molecule has 0 spiro atoms. The summed E-state index contributed by atoms with van der Waals surface area (Å²) >= 11 is 2.71. The van der Waals surface area contributed by atoms with Gasteiger partial charge in [-0.1, -0.05) is 48.5 Å². The lowest BCUT2D eigenvalue weighted by Crippen LogP contribution is -2.17. The van der Waals surface area contributed by atoms with Crippen LogP contribution in [0.1, 0.15) is 11.1 Å². The van der Waals surface area contributed by atoms with Gasteiger partial charge in [-0.3, -0.25) is 19.0 Å². The maximum absolute atomic E-state index is 11.5. The van der Waals surface area contributed by atoms with Gasteiger partial charge in [0, 0.05) is 37.4 Å². The Morgan fingerprint density at radius 1 is 0.731 bits per heavy atom. The van der Waals surface area contributed by atoms with Crippen molar-refractivity contribution in [1.82, 2.24) is 18.1 Å². The standard InChI is InChI=1S/C18H18N4O2S2/c23-17-11-21(25-19-17)9-13-5-1-3-7-15(13)16-8-4-2-6-14(16)10-22-12-18(24)20-26-22/h1-8H,9-12H2,(H,19,23)(H,20,24). The van der Waals surface area contributed by atoms with Crippen LogP contribution in [0.3, 0.4) is 0 Å². The number of nitrogens with one attached hydrogen (secondary N) is 2. The van der Waals surface area contributed by atoms with Crippen molar-refractivity contribution in [3.05, 3.63) is 59.7 Å². The molecule has 2 heterocycles. The van der Waals surface area contributed by atoms with Crippen LogP contribution in [0.15, 0.2) is 48.5 Å². The molecule has 26 heavy (non-hydrogen) atoms. The highest BCUT2D eigenvalue weighted by atomic mass is 32.2. The lowest BCUT2D eigenvalue weighted by Gasteiger charge is -2.19. The first-order valence-electron chi connectivity index (χ1n) is 8.27. The number of hydrogen-bond donors (Lipinski definition) is 2. The normalized spacial score (nSPS) is 18.2. The van der Waals surface area contributed by atoms with Crippen molar-refractivity contribution in [3.8, 4) is 11.1 Å². The molecule has 0 atom stereocenters. The third kappa shape index (κ3) is 3.88. The number of carbonyl (C=O) groups is 2. The van der Waals surface area contributed by atoms with Crippen LogP contribution >= 0.6 is 24.3 Å². The zero-order valence-electron chi connectivity index (χ0n) is 14.0. The second-order valence-electron chi connectivity index (χ2n) is 6.14. The first-order valence-corrected chi connectivity index (χ1v) is 9.81. The lowest BCUT2D eigenvalue weighted by molar-refractivity contribution is -0.119. The van der Waals surface area contributed by atoms with Gasteiger partial charge < -0.3 is 0 Å². The van der Waals surface area contributed by atoms with Crippen LogP contribution in [-0.4, -0.2) is 33.5 Å². The van der Waals surface area contributed by atoms with Gasteiger partial charge in [-0.2, -0.15) is 0 Å². The minimum atomic E-state index is 0.0381. The highest BCUT2D eigenvalue weighted by molar-refractivity contribution is 7.96. The van der Waals surface area contributed by atoms with Crippen LogP contribution in [-0.2, 0) is 22.7 Å². The van der Waals surface area contributed by atoms with Crippen LogP contribution in [0.25, 0.3) is 11.1 Å². The molecular weight excluding hydrogens is 368 g/mol. The Balaban J connectivity index is 1.61. The van der Waals surface area contributed by atoms with Gasteiger partial charge in [-0.15, -0.1) is 0 Å². The topological polar surface area (TPSA) is 64.7 Å². The van der Waals surface area contributed by atoms with Gasteiger partial charge in [0.1, 0.15) is 0 Å². The fraction of sp³-hybridized carbons (Fsp3) is 0.222. The summed E-state index contributed by atoms with van der Waals surface area (Å²) in [4.78, 5) is 22.9. The molecule has 2 N–H and O–H groups in total. The van der Waals surface area contributed by atoms with Crippen molar-refractivity contribution in [2.24, 2.45) is 0 Å². The molecule has 8 heteroatoms. The van der Waals surface area contributed by atoms with E-state index in [9.17, 15) is 9.59 Å². The number of benzene rings is 2. The summed E-state index contributed by atoms with van der Waals surface area (Å²) in [6.07, 6.45) is 0. The van der Waals surface area contributed by atoms with E-state index in [2.05, 4.69) is 33.7 Å². The fourth-order valence-corrected chi connectivity index (χ4v) is 4.44. The van der Waals surface area contributed by atoms with E-state index in [1.165, 1.54) is 35.4 Å². The fourth-order valence-electron chi connectivity index (χ4n) is 3.08. The summed E-state index contributed by atoms with van der Waals surface area (Å²) in [5.41, 5.74) is 4.66. The van der Waals surface area contributed by atoms with Crippen molar-refractivity contribution in [2.45, 2.75) is 13.1 Å². The molecule has 0 saturated carbocycles. The van der Waals surface area contributed by atoms with Gasteiger partial charge in [0.25, 0.3) is 0 Å². The minimum absolute atomic E-state index is 0.0381. The Morgan fingerprint density at radius 2 is 1.15 bits per heavy atom. The van der Waals surface area contributed by atoms with Gasteiger partial charge in [0.15, 0.2) is 0 Å². The average molecular weight is 387 g/mol. The largest absolute Gasteiger partial charge is 0.286 e. The molecule has 0 radical (unpaired) electrons. The first kappa shape index (κ1) is 17.4. The predicted octanol–water partition coefficient (Wildman–Crippen LogP) is 2.34. The van der Waals surface area contributed by atoms with Crippen LogP contribution in [0.5, 0.6) is 0 Å². The molecule has 6 nitrogen and oxygen atoms in total. The van der Waals surface area contributed by atoms with Crippen LogP contribution < -0.4 is 9.44 Å². The van der Waals surface area contributed by atoms with E-state index < -0.39 is 0 Å². The van der Waals surface area contributed by atoms with Crippen molar-refractivity contribution in [3.63, 3.8) is 0 Å². The number of hydrogen-bond acceptors (Lipinski definition) is 6. The summed E-state index contributed by atoms with van der Waals surface area (Å²) in [6, 6.07) is 16.6. The quantitative estimate of drug-likeness (QED) is 0.769. The van der Waals surface area contributed by atoms with Crippen LogP contribution in [0.4, 0.5) is 0 Å². The Bertz CT molecular complexity index is 776. The average Bonchev–Trinajstić information content (AvgIpc) is 3.24. The van der Waals surface area contributed by atoms with Crippen LogP contribution in [0, 0.1) is 0 Å². The molecule has 0 bridgehead atoms. The van der Waals surface area contributed by atoms with Crippen molar-refractivity contribution in [1.29, 1.82) is 0 Å². The number of nitrogens with zero attached hydrogens (tertiary/aromatic N) is 2. The zero-order valence-corrected chi connectivity index (χ0v) is 15.6. The number of carbonyl (C=O) groups excluding carboxylic acids is 2. The molecule has 4 rings (SSSR count). The summed E-state index contributed by atoms with van der Waals surface area (Å²) < 4.78 is 9.57. The van der Waals surface area contributed by atoms with Gasteiger partial charge in [-0.25, -0.2) is 8.61 Å². The van der Waals surface area contributed by atoms with E-state index in [0.717, 1.165) is 11.1 Å². The highest BCUT2D eigenvalue weighted by Crippen LogP contribution is 2.31. The third-order valence-corrected chi connectivity index (χ3v) is 5.91. The van der Waals surface area contributed by atoms with E-state index >= 15 is 0 Å². The summed E-state index contributed by atoms with van der Waals surface area (Å²) in [6.45, 7) is 2.18. The molecule has 2 aliphatic rings. The second-order valence-corrected chi connectivity index (χ2v) is 7.95. The minimum Gasteiger partial charge on any atom is -0.286 e. The monoisotopic (exact) mass is 386 g/mol. The zero-order chi connectivity index (χ0) is 17.9. The van der Waals surface area contributed by atoms with Crippen LogP contribution in [0.2, 0.25) is 0 Å². The smallest absolute Gasteiger partial charge is 0.246 e. The third-order valence-electron chi connectivity index (χ3n) is 4.24. The van der Waals surface area contributed by atoms with E-state index in [4.69, 9.17) is 0 Å². The molecule has 0 aromatic heterocycles. The van der Waals surface area contributed by atoms with Gasteiger partial charge in [0.2, 0.25) is 11.8 Å². The predicted molar refractivity (Wildman–Crippen MR) is 104 cm³/mol. The molecule has 2 aromatic rings. The lowest BCUT2D eigenvalue weighted by atomic mass is 9.95. The van der Waals surface area contributed by atoms with E-state index in [1.807, 2.05) is 32.9 Å². The molecule has 2 aromatic carbocycles. The van der Waals surface area contributed by atoms with E-state index in [-0.39, 0.29) is 11.8 Å². The molecule has 0 aliphatic carbocycles. The molecular formula is C18H18N4O2S2. The maximum Gasteiger partial charge on any atom is 0.246 e. The first-order chi connectivity index (χ1) is 12.7. The van der Waals surface area contributed by atoms with E-state index in [0.29, 0.717) is 26.2 Å². The van der Waals surface area contributed by atoms with E-state index in [1.54, 1.807) is 0 Å². The summed E-state index contributed by atoms with van der Waals surface area (Å²) in [5, 5.41) is 0. The number of rotatable bonds is 5. The second kappa shape index (κ2) is 7.71. The maximum atomic E-state index is 11.5. The molecule has 2 aliphatic heterocycles. The van der Waals surface area contributed by atoms with Gasteiger partial charge in [0.05, 0.1) is 13.1 Å². The highest BCUT2D eigenvalue weighted by Gasteiger charge is 2.23. The Hall–Kier alpha value is -2.00.